The Kier molecular flexibility index (Phi) is 6.21. The summed E-state index contributed by atoms with van der Waals surface area (Å²) in [5.41, 5.74) is 0.291. The molecule has 1 unspecified atom stereocenters. The number of carbonyl (C=O) groups is 2. The number of amides is 2. The normalized spacial score (nSPS) is 16.5. The summed E-state index contributed by atoms with van der Waals surface area (Å²) in [5.74, 6) is -0.800. The smallest absolute Gasteiger partial charge is 0.291 e. The molecule has 0 bridgehead atoms. The average molecular weight is 425 g/mol. The minimum absolute atomic E-state index is 0.0265. The number of carbonyl (C=O) groups excluding carboxylic acids is 2. The summed E-state index contributed by atoms with van der Waals surface area (Å²) < 4.78 is 32.6. The lowest BCUT2D eigenvalue weighted by Gasteiger charge is -2.13. The highest BCUT2D eigenvalue weighted by atomic mass is 32.2. The van der Waals surface area contributed by atoms with Crippen molar-refractivity contribution in [3.8, 4) is 0 Å². The zero-order chi connectivity index (χ0) is 20.1. The van der Waals surface area contributed by atoms with Gasteiger partial charge in [-0.3, -0.25) is 14.3 Å². The first-order valence-electron chi connectivity index (χ1n) is 8.48. The molecule has 3 rings (SSSR count). The van der Waals surface area contributed by atoms with Gasteiger partial charge in [0.05, 0.1) is 17.4 Å². The maximum atomic E-state index is 12.6. The van der Waals surface area contributed by atoms with E-state index in [1.54, 1.807) is 12.1 Å². The van der Waals surface area contributed by atoms with Crippen molar-refractivity contribution in [1.29, 1.82) is 0 Å². The molecule has 0 spiro atoms. The van der Waals surface area contributed by atoms with Crippen molar-refractivity contribution < 1.29 is 22.7 Å². The van der Waals surface area contributed by atoms with Crippen LogP contribution in [0.15, 0.2) is 28.6 Å². The van der Waals surface area contributed by atoms with E-state index in [4.69, 9.17) is 4.74 Å². The highest BCUT2D eigenvalue weighted by Crippen LogP contribution is 2.24. The number of para-hydroxylation sites is 1. The van der Waals surface area contributed by atoms with E-state index in [0.29, 0.717) is 24.5 Å². The van der Waals surface area contributed by atoms with Crippen LogP contribution in [0.1, 0.15) is 30.1 Å². The second-order valence-electron chi connectivity index (χ2n) is 6.05. The van der Waals surface area contributed by atoms with Gasteiger partial charge in [0.2, 0.25) is 11.0 Å². The number of aromatic nitrogens is 2. The molecule has 0 radical (unpaired) electrons. The van der Waals surface area contributed by atoms with Crippen LogP contribution in [0.2, 0.25) is 0 Å². The summed E-state index contributed by atoms with van der Waals surface area (Å²) in [4.78, 5) is 23.5. The molecular weight excluding hydrogens is 406 g/mol. The number of ether oxygens (including phenoxy) is 1. The summed E-state index contributed by atoms with van der Waals surface area (Å²) in [6.45, 7) is 2.31. The lowest BCUT2D eigenvalue weighted by atomic mass is 10.1. The molecule has 1 fully saturated rings. The van der Waals surface area contributed by atoms with Crippen molar-refractivity contribution in [3.63, 3.8) is 0 Å². The predicted molar refractivity (Wildman–Crippen MR) is 103 cm³/mol. The number of nitrogens with one attached hydrogen (secondary N) is 3. The molecule has 1 aromatic heterocycles. The van der Waals surface area contributed by atoms with Crippen molar-refractivity contribution in [3.05, 3.63) is 29.8 Å². The van der Waals surface area contributed by atoms with Gasteiger partial charge in [-0.25, -0.2) is 0 Å². The first kappa shape index (κ1) is 20.2. The highest BCUT2D eigenvalue weighted by molar-refractivity contribution is 7.94. The van der Waals surface area contributed by atoms with E-state index in [9.17, 15) is 18.0 Å². The quantitative estimate of drug-likeness (QED) is 0.567. The Balaban J connectivity index is 1.73. The van der Waals surface area contributed by atoms with Gasteiger partial charge in [0.25, 0.3) is 20.3 Å². The minimum atomic E-state index is -4.08. The third-order valence-corrected chi connectivity index (χ3v) is 6.42. The largest absolute Gasteiger partial charge is 0.376 e. The third kappa shape index (κ3) is 5.03. The zero-order valence-electron chi connectivity index (χ0n) is 15.0. The molecule has 1 aliphatic rings. The second kappa shape index (κ2) is 8.63. The fourth-order valence-electron chi connectivity index (χ4n) is 2.59. The predicted octanol–water partition coefficient (Wildman–Crippen LogP) is 1.21. The first-order chi connectivity index (χ1) is 13.3. The van der Waals surface area contributed by atoms with Crippen LogP contribution in [0, 0.1) is 0 Å². The van der Waals surface area contributed by atoms with Crippen LogP contribution < -0.4 is 15.4 Å². The van der Waals surface area contributed by atoms with E-state index in [1.807, 2.05) is 0 Å². The Bertz CT molecular complexity index is 969. The Morgan fingerprint density at radius 1 is 1.29 bits per heavy atom. The number of anilines is 2. The van der Waals surface area contributed by atoms with Gasteiger partial charge in [-0.05, 0) is 25.0 Å². The highest BCUT2D eigenvalue weighted by Gasteiger charge is 2.24. The number of benzene rings is 1. The molecule has 2 heterocycles. The van der Waals surface area contributed by atoms with Gasteiger partial charge in [-0.2, -0.15) is 8.42 Å². The zero-order valence-corrected chi connectivity index (χ0v) is 16.6. The fourth-order valence-corrected chi connectivity index (χ4v) is 4.61. The number of nitrogens with zero attached hydrogens (tertiary/aromatic N) is 2. The number of hydrogen-bond donors (Lipinski definition) is 3. The van der Waals surface area contributed by atoms with Crippen LogP contribution in [0.5, 0.6) is 0 Å². The molecule has 28 heavy (non-hydrogen) atoms. The molecule has 1 saturated heterocycles. The molecule has 1 atom stereocenters. The maximum Gasteiger partial charge on any atom is 0.291 e. The van der Waals surface area contributed by atoms with Gasteiger partial charge >= 0.3 is 0 Å². The molecule has 150 valence electrons. The molecule has 0 saturated carbocycles. The summed E-state index contributed by atoms with van der Waals surface area (Å²) >= 11 is 0.707. The Labute approximate surface area is 165 Å². The number of hydrogen-bond acceptors (Lipinski definition) is 8. The van der Waals surface area contributed by atoms with Gasteiger partial charge < -0.3 is 15.4 Å². The van der Waals surface area contributed by atoms with E-state index in [0.717, 1.165) is 12.8 Å². The molecule has 3 N–H and O–H groups in total. The number of rotatable bonds is 7. The van der Waals surface area contributed by atoms with E-state index >= 15 is 0 Å². The van der Waals surface area contributed by atoms with Crippen molar-refractivity contribution in [2.75, 3.05) is 23.2 Å². The lowest BCUT2D eigenvalue weighted by Crippen LogP contribution is -2.32. The van der Waals surface area contributed by atoms with Crippen LogP contribution in [0.4, 0.5) is 10.8 Å². The van der Waals surface area contributed by atoms with Gasteiger partial charge in [0.15, 0.2) is 0 Å². The van der Waals surface area contributed by atoms with Gasteiger partial charge in [-0.15, -0.1) is 10.2 Å². The maximum absolute atomic E-state index is 12.6. The average Bonchev–Trinajstić information content (AvgIpc) is 3.31. The summed E-state index contributed by atoms with van der Waals surface area (Å²) in [5, 5.41) is 12.4. The molecular formula is C16H19N5O5S2. The monoisotopic (exact) mass is 425 g/mol. The van der Waals surface area contributed by atoms with Crippen LogP contribution in [0.25, 0.3) is 0 Å². The Morgan fingerprint density at radius 2 is 2.07 bits per heavy atom. The third-order valence-electron chi connectivity index (χ3n) is 3.85. The molecule has 1 aromatic carbocycles. The van der Waals surface area contributed by atoms with Crippen molar-refractivity contribution in [2.24, 2.45) is 0 Å². The standard InChI is InChI=1S/C16H19N5O5S2/c1-10(22)18-15-19-20-16(27-15)28(24,25)21-13-7-3-2-6-12(13)14(23)17-9-11-5-4-8-26-11/h2-3,6-7,11,21H,4-5,8-9H2,1H3,(H,17,23)(H,18,19,22). The Morgan fingerprint density at radius 3 is 2.79 bits per heavy atom. The fraction of sp³-hybridized carbons (Fsp3) is 0.375. The second-order valence-corrected chi connectivity index (χ2v) is 8.88. The van der Waals surface area contributed by atoms with Crippen molar-refractivity contribution in [2.45, 2.75) is 30.2 Å². The molecule has 1 aliphatic heterocycles. The summed E-state index contributed by atoms with van der Waals surface area (Å²) in [6.07, 6.45) is 1.81. The van der Waals surface area contributed by atoms with E-state index in [-0.39, 0.29) is 32.7 Å². The molecule has 2 amide bonds. The lowest BCUT2D eigenvalue weighted by molar-refractivity contribution is -0.114. The topological polar surface area (TPSA) is 139 Å². The molecule has 10 nitrogen and oxygen atoms in total. The van der Waals surface area contributed by atoms with Gasteiger partial charge in [0, 0.05) is 20.1 Å². The van der Waals surface area contributed by atoms with Crippen molar-refractivity contribution in [1.82, 2.24) is 15.5 Å². The van der Waals surface area contributed by atoms with Gasteiger partial charge in [0.1, 0.15) is 0 Å². The number of sulfonamides is 1. The summed E-state index contributed by atoms with van der Waals surface area (Å²) in [6, 6.07) is 6.25. The molecule has 2 aromatic rings. The first-order valence-corrected chi connectivity index (χ1v) is 10.8. The van der Waals surface area contributed by atoms with E-state index < -0.39 is 15.9 Å². The van der Waals surface area contributed by atoms with Crippen molar-refractivity contribution >= 4 is 44.0 Å². The van der Waals surface area contributed by atoms with Gasteiger partial charge in [-0.1, -0.05) is 23.5 Å². The van der Waals surface area contributed by atoms with Crippen LogP contribution in [0.3, 0.4) is 0 Å². The van der Waals surface area contributed by atoms with Crippen LogP contribution in [-0.2, 0) is 19.6 Å². The molecule has 12 heteroatoms. The molecule has 0 aliphatic carbocycles. The van der Waals surface area contributed by atoms with Crippen LogP contribution in [-0.4, -0.2) is 49.7 Å². The van der Waals surface area contributed by atoms with Crippen LogP contribution >= 0.6 is 11.3 Å². The Hall–Kier alpha value is -2.57. The minimum Gasteiger partial charge on any atom is -0.376 e. The van der Waals surface area contributed by atoms with E-state index in [1.165, 1.54) is 19.1 Å². The summed E-state index contributed by atoms with van der Waals surface area (Å²) in [7, 11) is -4.08. The van der Waals surface area contributed by atoms with E-state index in [2.05, 4.69) is 25.6 Å². The SMILES string of the molecule is CC(=O)Nc1nnc(S(=O)(=O)Nc2ccccc2C(=O)NCC2CCCO2)s1.